The highest BCUT2D eigenvalue weighted by molar-refractivity contribution is 5.98. The number of nitrogens with one attached hydrogen (secondary N) is 1. The summed E-state index contributed by atoms with van der Waals surface area (Å²) in [5.41, 5.74) is 2.98. The number of methoxy groups -OCH3 is 1. The number of rotatable bonds is 3. The van der Waals surface area contributed by atoms with Gasteiger partial charge in [-0.1, -0.05) is 23.8 Å². The highest BCUT2D eigenvalue weighted by Crippen LogP contribution is 2.43. The predicted molar refractivity (Wildman–Crippen MR) is 121 cm³/mol. The molecule has 2 aliphatic rings. The minimum atomic E-state index is -0.189. The van der Waals surface area contributed by atoms with Crippen LogP contribution < -0.4 is 15.5 Å². The van der Waals surface area contributed by atoms with Crippen LogP contribution in [0.1, 0.15) is 27.5 Å². The van der Waals surface area contributed by atoms with Gasteiger partial charge in [-0.25, -0.2) is 0 Å². The van der Waals surface area contributed by atoms with Crippen molar-refractivity contribution >= 4 is 16.8 Å². The zero-order valence-corrected chi connectivity index (χ0v) is 18.1. The monoisotopic (exact) mass is 417 g/mol. The first-order chi connectivity index (χ1) is 15.0. The number of carbonyl (C=O) groups excluding carboxylic acids is 1. The molecular weight excluding hydrogens is 390 g/mol. The van der Waals surface area contributed by atoms with Gasteiger partial charge in [0.15, 0.2) is 0 Å². The number of likely N-dealkylation sites (tertiary alicyclic amines) is 1. The fourth-order valence-electron chi connectivity index (χ4n) is 5.27. The SMILES string of the molecule is COc1ccc([C@H]2[C@H]3CNC[C@H]3CN2C(=O)c2cn(C)c3ccc(C)cc3c2=O)cc1. The number of hydrogen-bond acceptors (Lipinski definition) is 4. The van der Waals surface area contributed by atoms with E-state index < -0.39 is 0 Å². The summed E-state index contributed by atoms with van der Waals surface area (Å²) in [5, 5.41) is 4.06. The third-order valence-electron chi connectivity index (χ3n) is 6.86. The molecule has 3 aromatic rings. The Morgan fingerprint density at radius 3 is 2.65 bits per heavy atom. The van der Waals surface area contributed by atoms with E-state index in [0.717, 1.165) is 35.5 Å². The summed E-state index contributed by atoms with van der Waals surface area (Å²) >= 11 is 0. The number of fused-ring (bicyclic) bond motifs is 2. The summed E-state index contributed by atoms with van der Waals surface area (Å²) in [4.78, 5) is 29.0. The highest BCUT2D eigenvalue weighted by Gasteiger charge is 2.47. The number of pyridine rings is 1. The van der Waals surface area contributed by atoms with Gasteiger partial charge >= 0.3 is 0 Å². The van der Waals surface area contributed by atoms with Crippen LogP contribution in [0.2, 0.25) is 0 Å². The Kier molecular flexibility index (Phi) is 4.82. The lowest BCUT2D eigenvalue weighted by molar-refractivity contribution is 0.0712. The molecule has 6 nitrogen and oxygen atoms in total. The van der Waals surface area contributed by atoms with Gasteiger partial charge in [0.1, 0.15) is 11.3 Å². The van der Waals surface area contributed by atoms with E-state index >= 15 is 0 Å². The maximum Gasteiger partial charge on any atom is 0.259 e. The van der Waals surface area contributed by atoms with Gasteiger partial charge < -0.3 is 19.5 Å². The second kappa shape index (κ2) is 7.54. The van der Waals surface area contributed by atoms with Crippen LogP contribution >= 0.6 is 0 Å². The smallest absolute Gasteiger partial charge is 0.259 e. The Bertz CT molecular complexity index is 1220. The third-order valence-corrected chi connectivity index (χ3v) is 6.86. The molecule has 1 N–H and O–H groups in total. The number of aromatic nitrogens is 1. The normalized spacial score (nSPS) is 22.7. The molecule has 31 heavy (non-hydrogen) atoms. The molecule has 160 valence electrons. The van der Waals surface area contributed by atoms with Gasteiger partial charge in [0.25, 0.3) is 5.91 Å². The lowest BCUT2D eigenvalue weighted by Crippen LogP contribution is -2.37. The predicted octanol–water partition coefficient (Wildman–Crippen LogP) is 2.89. The van der Waals surface area contributed by atoms with E-state index in [4.69, 9.17) is 4.74 Å². The average molecular weight is 418 g/mol. The van der Waals surface area contributed by atoms with Gasteiger partial charge in [-0.05, 0) is 42.7 Å². The van der Waals surface area contributed by atoms with Crippen LogP contribution in [0.3, 0.4) is 0 Å². The molecule has 6 heteroatoms. The number of hydrogen-bond donors (Lipinski definition) is 1. The molecule has 0 spiro atoms. The summed E-state index contributed by atoms with van der Waals surface area (Å²) in [7, 11) is 3.53. The first kappa shape index (κ1) is 19.8. The first-order valence-corrected chi connectivity index (χ1v) is 10.7. The Morgan fingerprint density at radius 1 is 1.13 bits per heavy atom. The van der Waals surface area contributed by atoms with Crippen LogP contribution in [0, 0.1) is 18.8 Å². The molecule has 2 saturated heterocycles. The van der Waals surface area contributed by atoms with Crippen molar-refractivity contribution in [1.82, 2.24) is 14.8 Å². The van der Waals surface area contributed by atoms with E-state index in [9.17, 15) is 9.59 Å². The number of benzene rings is 2. The Hall–Kier alpha value is -3.12. The molecule has 1 amide bonds. The minimum Gasteiger partial charge on any atom is -0.497 e. The van der Waals surface area contributed by atoms with Crippen molar-refractivity contribution in [1.29, 1.82) is 0 Å². The molecule has 1 aromatic heterocycles. The fraction of sp³-hybridized carbons (Fsp3) is 0.360. The molecule has 2 aliphatic heterocycles. The van der Waals surface area contributed by atoms with Crippen LogP contribution in [-0.4, -0.2) is 42.1 Å². The zero-order valence-electron chi connectivity index (χ0n) is 18.1. The van der Waals surface area contributed by atoms with Gasteiger partial charge in [-0.3, -0.25) is 9.59 Å². The van der Waals surface area contributed by atoms with Crippen molar-refractivity contribution in [3.05, 3.63) is 75.6 Å². The number of carbonyl (C=O) groups is 1. The number of ether oxygens (including phenoxy) is 1. The molecule has 0 unspecified atom stereocenters. The van der Waals surface area contributed by atoms with E-state index in [1.54, 1.807) is 13.3 Å². The van der Waals surface area contributed by atoms with E-state index in [-0.39, 0.29) is 22.9 Å². The number of amides is 1. The molecular formula is C25H27N3O3. The van der Waals surface area contributed by atoms with Crippen molar-refractivity contribution in [2.24, 2.45) is 18.9 Å². The number of nitrogens with zero attached hydrogens (tertiary/aromatic N) is 2. The average Bonchev–Trinajstić information content (AvgIpc) is 3.37. The summed E-state index contributed by atoms with van der Waals surface area (Å²) < 4.78 is 7.18. The van der Waals surface area contributed by atoms with Gasteiger partial charge in [-0.2, -0.15) is 0 Å². The summed E-state index contributed by atoms with van der Waals surface area (Å²) in [6, 6.07) is 13.7. The number of aryl methyl sites for hydroxylation is 2. The van der Waals surface area contributed by atoms with Crippen LogP contribution in [0.4, 0.5) is 0 Å². The summed E-state index contributed by atoms with van der Waals surface area (Å²) in [6.45, 7) is 4.39. The van der Waals surface area contributed by atoms with Crippen LogP contribution in [0.5, 0.6) is 5.75 Å². The molecule has 2 aromatic carbocycles. The van der Waals surface area contributed by atoms with E-state index in [1.807, 2.05) is 65.9 Å². The standard InChI is InChI=1S/C25H27N3O3/c1-15-4-9-22-19(10-15)24(29)21(14-27(22)2)25(30)28-13-17-11-26-12-20(17)23(28)16-5-7-18(31-3)8-6-16/h4-10,14,17,20,23,26H,11-13H2,1-3H3/t17-,20-,23-/m0/s1. The molecule has 0 bridgehead atoms. The van der Waals surface area contributed by atoms with E-state index in [1.165, 1.54) is 0 Å². The van der Waals surface area contributed by atoms with Crippen LogP contribution in [0.25, 0.3) is 10.9 Å². The van der Waals surface area contributed by atoms with Crippen molar-refractivity contribution in [2.45, 2.75) is 13.0 Å². The molecule has 3 atom stereocenters. The minimum absolute atomic E-state index is 0.0590. The van der Waals surface area contributed by atoms with Gasteiger partial charge in [-0.15, -0.1) is 0 Å². The largest absolute Gasteiger partial charge is 0.497 e. The molecule has 5 rings (SSSR count). The van der Waals surface area contributed by atoms with Gasteiger partial charge in [0.2, 0.25) is 5.43 Å². The van der Waals surface area contributed by atoms with Gasteiger partial charge in [0.05, 0.1) is 18.7 Å². The molecule has 2 fully saturated rings. The topological polar surface area (TPSA) is 63.6 Å². The second-order valence-corrected chi connectivity index (χ2v) is 8.76. The molecule has 0 saturated carbocycles. The Morgan fingerprint density at radius 2 is 1.90 bits per heavy atom. The second-order valence-electron chi connectivity index (χ2n) is 8.76. The van der Waals surface area contributed by atoms with Crippen molar-refractivity contribution in [3.63, 3.8) is 0 Å². The zero-order chi connectivity index (χ0) is 21.7. The summed E-state index contributed by atoms with van der Waals surface area (Å²) in [5.74, 6) is 1.34. The van der Waals surface area contributed by atoms with Gasteiger partial charge in [0, 0.05) is 44.2 Å². The highest BCUT2D eigenvalue weighted by atomic mass is 16.5. The van der Waals surface area contributed by atoms with E-state index in [2.05, 4.69) is 5.32 Å². The lowest BCUT2D eigenvalue weighted by atomic mass is 9.89. The van der Waals surface area contributed by atoms with Crippen molar-refractivity contribution < 1.29 is 9.53 Å². The molecule has 0 radical (unpaired) electrons. The van der Waals surface area contributed by atoms with Crippen molar-refractivity contribution in [3.8, 4) is 5.75 Å². The lowest BCUT2D eigenvalue weighted by Gasteiger charge is -2.28. The quantitative estimate of drug-likeness (QED) is 0.712. The maximum absolute atomic E-state index is 13.8. The van der Waals surface area contributed by atoms with Crippen LogP contribution in [0.15, 0.2) is 53.5 Å². The Balaban J connectivity index is 1.58. The molecule has 0 aliphatic carbocycles. The Labute approximate surface area is 181 Å². The van der Waals surface area contributed by atoms with Crippen molar-refractivity contribution in [2.75, 3.05) is 26.7 Å². The molecule has 3 heterocycles. The third kappa shape index (κ3) is 3.22. The summed E-state index contributed by atoms with van der Waals surface area (Å²) in [6.07, 6.45) is 1.69. The van der Waals surface area contributed by atoms with Crippen LogP contribution in [-0.2, 0) is 7.05 Å². The first-order valence-electron chi connectivity index (χ1n) is 10.7. The fourth-order valence-corrected chi connectivity index (χ4v) is 5.27. The maximum atomic E-state index is 13.8. The van der Waals surface area contributed by atoms with E-state index in [0.29, 0.717) is 23.8 Å².